The highest BCUT2D eigenvalue weighted by molar-refractivity contribution is 7.86. The maximum absolute atomic E-state index is 12.9. The summed E-state index contributed by atoms with van der Waals surface area (Å²) >= 11 is 0. The highest BCUT2D eigenvalue weighted by Crippen LogP contribution is 2.33. The molecule has 0 spiro atoms. The van der Waals surface area contributed by atoms with Crippen LogP contribution < -0.4 is 10.3 Å². The molecule has 2 aliphatic heterocycles. The third-order valence-electron chi connectivity index (χ3n) is 6.01. The molecule has 2 aliphatic rings. The third kappa shape index (κ3) is 4.38. The Labute approximate surface area is 182 Å². The molecule has 1 saturated heterocycles. The second kappa shape index (κ2) is 8.70. The van der Waals surface area contributed by atoms with Crippen LogP contribution in [0.1, 0.15) is 41.5 Å². The first-order valence-corrected chi connectivity index (χ1v) is 11.9. The minimum atomic E-state index is -3.57. The number of hydrogen-bond donors (Lipinski definition) is 1. The van der Waals surface area contributed by atoms with E-state index in [0.29, 0.717) is 37.3 Å². The minimum Gasteiger partial charge on any atom is -0.497 e. The molecule has 1 N–H and O–H groups in total. The molecule has 0 aliphatic carbocycles. The number of aromatic nitrogens is 2. The molecule has 1 aromatic heterocycles. The first-order valence-electron chi connectivity index (χ1n) is 10.5. The molecule has 9 nitrogen and oxygen atoms in total. The molecule has 1 atom stereocenters. The summed E-state index contributed by atoms with van der Waals surface area (Å²) in [6, 6.07) is 7.49. The van der Waals surface area contributed by atoms with E-state index >= 15 is 0 Å². The maximum atomic E-state index is 12.9. The molecule has 168 valence electrons. The smallest absolute Gasteiger partial charge is 0.282 e. The van der Waals surface area contributed by atoms with Crippen molar-refractivity contribution in [2.45, 2.75) is 38.4 Å². The zero-order valence-electron chi connectivity index (χ0n) is 18.2. The fourth-order valence-corrected chi connectivity index (χ4v) is 5.59. The Balaban J connectivity index is 1.54. The lowest BCUT2D eigenvalue weighted by Gasteiger charge is -2.29. The van der Waals surface area contributed by atoms with E-state index < -0.39 is 16.3 Å². The van der Waals surface area contributed by atoms with E-state index in [1.807, 2.05) is 24.3 Å². The van der Waals surface area contributed by atoms with E-state index in [1.165, 1.54) is 22.7 Å². The molecule has 4 rings (SSSR count). The predicted octanol–water partition coefficient (Wildman–Crippen LogP) is 1.28. The summed E-state index contributed by atoms with van der Waals surface area (Å²) in [5, 5.41) is 0. The van der Waals surface area contributed by atoms with E-state index in [9.17, 15) is 13.2 Å². The molecule has 0 saturated carbocycles. The molecule has 0 amide bonds. The molecule has 3 heterocycles. The highest BCUT2D eigenvalue weighted by Gasteiger charge is 2.38. The monoisotopic (exact) mass is 447 g/mol. The van der Waals surface area contributed by atoms with Crippen molar-refractivity contribution in [3.8, 4) is 5.75 Å². The lowest BCUT2D eigenvalue weighted by atomic mass is 10.1. The standard InChI is InChI=1S/C21H29N5O4S/c1-24(2)31(28,29)26-11-4-5-19(26)20-22-18-10-12-25(14-17(18)21(27)23-20)13-15-6-8-16(30-3)9-7-15/h6-9,19H,4-5,10-14H2,1-3H3,(H,22,23,27). The summed E-state index contributed by atoms with van der Waals surface area (Å²) in [4.78, 5) is 22.7. The first kappa shape index (κ1) is 21.9. The number of nitrogens with zero attached hydrogens (tertiary/aromatic N) is 4. The van der Waals surface area contributed by atoms with E-state index in [-0.39, 0.29) is 5.56 Å². The van der Waals surface area contributed by atoms with Gasteiger partial charge in [-0.1, -0.05) is 12.1 Å². The number of nitrogens with one attached hydrogen (secondary N) is 1. The Kier molecular flexibility index (Phi) is 6.16. The van der Waals surface area contributed by atoms with Crippen molar-refractivity contribution >= 4 is 10.2 Å². The van der Waals surface area contributed by atoms with Crippen LogP contribution in [0, 0.1) is 0 Å². The van der Waals surface area contributed by atoms with Gasteiger partial charge in [0, 0.05) is 46.7 Å². The molecule has 1 aromatic carbocycles. The molecular formula is C21H29N5O4S. The van der Waals surface area contributed by atoms with Crippen molar-refractivity contribution in [3.05, 3.63) is 57.3 Å². The van der Waals surface area contributed by atoms with Crippen LogP contribution in [0.3, 0.4) is 0 Å². The molecule has 1 fully saturated rings. The van der Waals surface area contributed by atoms with E-state index in [0.717, 1.165) is 36.5 Å². The SMILES string of the molecule is COc1ccc(CN2CCc3nc(C4CCCN4S(=O)(=O)N(C)C)[nH]c(=O)c3C2)cc1. The number of aromatic amines is 1. The van der Waals surface area contributed by atoms with Crippen LogP contribution in [-0.2, 0) is 29.7 Å². The van der Waals surface area contributed by atoms with Crippen LogP contribution >= 0.6 is 0 Å². The highest BCUT2D eigenvalue weighted by atomic mass is 32.2. The summed E-state index contributed by atoms with van der Waals surface area (Å²) in [6.07, 6.45) is 2.06. The number of benzene rings is 1. The van der Waals surface area contributed by atoms with Crippen LogP contribution in [0.2, 0.25) is 0 Å². The van der Waals surface area contributed by atoms with Crippen molar-refractivity contribution < 1.29 is 13.2 Å². The van der Waals surface area contributed by atoms with Gasteiger partial charge in [0.05, 0.1) is 24.4 Å². The number of H-pyrrole nitrogens is 1. The van der Waals surface area contributed by atoms with Gasteiger partial charge in [-0.05, 0) is 30.5 Å². The van der Waals surface area contributed by atoms with Gasteiger partial charge in [0.15, 0.2) is 0 Å². The zero-order chi connectivity index (χ0) is 22.2. The Morgan fingerprint density at radius 2 is 1.97 bits per heavy atom. The van der Waals surface area contributed by atoms with Crippen LogP contribution in [0.15, 0.2) is 29.1 Å². The van der Waals surface area contributed by atoms with Gasteiger partial charge in [-0.15, -0.1) is 0 Å². The van der Waals surface area contributed by atoms with E-state index in [4.69, 9.17) is 9.72 Å². The van der Waals surface area contributed by atoms with E-state index in [1.54, 1.807) is 7.11 Å². The zero-order valence-corrected chi connectivity index (χ0v) is 19.0. The molecule has 0 bridgehead atoms. The number of hydrogen-bond acceptors (Lipinski definition) is 6. The fraction of sp³-hybridized carbons (Fsp3) is 0.524. The molecule has 2 aromatic rings. The van der Waals surface area contributed by atoms with E-state index in [2.05, 4.69) is 9.88 Å². The van der Waals surface area contributed by atoms with Crippen molar-refractivity contribution in [2.75, 3.05) is 34.3 Å². The summed E-state index contributed by atoms with van der Waals surface area (Å²) in [5.74, 6) is 1.27. The average molecular weight is 448 g/mol. The minimum absolute atomic E-state index is 0.173. The second-order valence-electron chi connectivity index (χ2n) is 8.24. The van der Waals surface area contributed by atoms with Gasteiger partial charge in [-0.2, -0.15) is 17.0 Å². The number of fused-ring (bicyclic) bond motifs is 1. The topological polar surface area (TPSA) is 98.8 Å². The van der Waals surface area contributed by atoms with Crippen LogP contribution in [-0.4, -0.2) is 66.2 Å². The Morgan fingerprint density at radius 3 is 2.65 bits per heavy atom. The summed E-state index contributed by atoms with van der Waals surface area (Å²) in [5.41, 5.74) is 2.43. The molecule has 0 radical (unpaired) electrons. The third-order valence-corrected chi connectivity index (χ3v) is 7.96. The largest absolute Gasteiger partial charge is 0.497 e. The lowest BCUT2D eigenvalue weighted by Crippen LogP contribution is -2.41. The van der Waals surface area contributed by atoms with Gasteiger partial charge in [-0.25, -0.2) is 4.98 Å². The second-order valence-corrected chi connectivity index (χ2v) is 10.3. The summed E-state index contributed by atoms with van der Waals surface area (Å²) in [6.45, 7) is 2.48. The molecular weight excluding hydrogens is 418 g/mol. The predicted molar refractivity (Wildman–Crippen MR) is 117 cm³/mol. The lowest BCUT2D eigenvalue weighted by molar-refractivity contribution is 0.240. The Bertz CT molecular complexity index is 1100. The van der Waals surface area contributed by atoms with Crippen molar-refractivity contribution in [2.24, 2.45) is 0 Å². The molecule has 10 heteroatoms. The Hall–Kier alpha value is -2.27. The summed E-state index contributed by atoms with van der Waals surface area (Å²) < 4.78 is 33.2. The maximum Gasteiger partial charge on any atom is 0.282 e. The molecule has 31 heavy (non-hydrogen) atoms. The van der Waals surface area contributed by atoms with Crippen molar-refractivity contribution in [1.29, 1.82) is 0 Å². The van der Waals surface area contributed by atoms with Crippen molar-refractivity contribution in [1.82, 2.24) is 23.5 Å². The summed E-state index contributed by atoms with van der Waals surface area (Å²) in [7, 11) is 1.11. The van der Waals surface area contributed by atoms with Gasteiger partial charge in [0.2, 0.25) is 0 Å². The number of ether oxygens (including phenoxy) is 1. The Morgan fingerprint density at radius 1 is 1.23 bits per heavy atom. The van der Waals surface area contributed by atoms with Crippen LogP contribution in [0.25, 0.3) is 0 Å². The number of rotatable bonds is 6. The number of methoxy groups -OCH3 is 1. The van der Waals surface area contributed by atoms with Gasteiger partial charge in [0.25, 0.3) is 15.8 Å². The van der Waals surface area contributed by atoms with Gasteiger partial charge in [0.1, 0.15) is 11.6 Å². The molecule has 1 unspecified atom stereocenters. The fourth-order valence-electron chi connectivity index (χ4n) is 4.28. The van der Waals surface area contributed by atoms with Crippen molar-refractivity contribution in [3.63, 3.8) is 0 Å². The van der Waals surface area contributed by atoms with Gasteiger partial charge in [-0.3, -0.25) is 9.69 Å². The van der Waals surface area contributed by atoms with Gasteiger partial charge >= 0.3 is 0 Å². The average Bonchev–Trinajstić information content (AvgIpc) is 3.25. The normalized spacial score (nSPS) is 20.2. The quantitative estimate of drug-likeness (QED) is 0.716. The van der Waals surface area contributed by atoms with Gasteiger partial charge < -0.3 is 9.72 Å². The van der Waals surface area contributed by atoms with Crippen LogP contribution in [0.5, 0.6) is 5.75 Å². The first-order chi connectivity index (χ1) is 14.8. The van der Waals surface area contributed by atoms with Crippen LogP contribution in [0.4, 0.5) is 0 Å².